The van der Waals surface area contributed by atoms with Crippen LogP contribution in [0.25, 0.3) is 0 Å². The van der Waals surface area contributed by atoms with Crippen molar-refractivity contribution >= 4 is 5.69 Å². The summed E-state index contributed by atoms with van der Waals surface area (Å²) in [4.78, 5) is 4.65. The smallest absolute Gasteiger partial charge is 0.193 e. The SMILES string of the molecule is CCCCN1CC[C@H](c2ccc(N(C)C)cc2)[C@@H](Cn2c(O)ccc2O)C1. The molecule has 1 aromatic heterocycles. The summed E-state index contributed by atoms with van der Waals surface area (Å²) in [6, 6.07) is 12.0. The largest absolute Gasteiger partial charge is 0.494 e. The van der Waals surface area contributed by atoms with E-state index in [1.54, 1.807) is 16.7 Å². The Balaban J connectivity index is 1.81. The van der Waals surface area contributed by atoms with E-state index in [-0.39, 0.29) is 11.8 Å². The van der Waals surface area contributed by atoms with Gasteiger partial charge >= 0.3 is 0 Å². The predicted molar refractivity (Wildman–Crippen MR) is 111 cm³/mol. The van der Waals surface area contributed by atoms with Crippen LogP contribution in [0.4, 0.5) is 5.69 Å². The molecule has 0 unspecified atom stereocenters. The van der Waals surface area contributed by atoms with Crippen molar-refractivity contribution < 1.29 is 10.2 Å². The van der Waals surface area contributed by atoms with Gasteiger partial charge < -0.3 is 20.0 Å². The van der Waals surface area contributed by atoms with Gasteiger partial charge in [-0.2, -0.15) is 0 Å². The molecule has 0 amide bonds. The number of aromatic hydroxyl groups is 2. The van der Waals surface area contributed by atoms with Crippen molar-refractivity contribution in [3.63, 3.8) is 0 Å². The Kier molecular flexibility index (Phi) is 6.32. The van der Waals surface area contributed by atoms with Gasteiger partial charge in [0.05, 0.1) is 0 Å². The molecule has 0 saturated carbocycles. The third kappa shape index (κ3) is 4.59. The summed E-state index contributed by atoms with van der Waals surface area (Å²) in [5.41, 5.74) is 2.56. The summed E-state index contributed by atoms with van der Waals surface area (Å²) in [7, 11) is 4.11. The first-order valence-corrected chi connectivity index (χ1v) is 10.1. The fraction of sp³-hybridized carbons (Fsp3) is 0.545. The van der Waals surface area contributed by atoms with Crippen LogP contribution in [0, 0.1) is 5.92 Å². The average molecular weight is 372 g/mol. The highest BCUT2D eigenvalue weighted by atomic mass is 16.3. The number of hydrogen-bond acceptors (Lipinski definition) is 4. The molecule has 2 aromatic rings. The number of unbranched alkanes of at least 4 members (excludes halogenated alkanes) is 1. The molecule has 148 valence electrons. The molecule has 5 heteroatoms. The molecule has 2 atom stereocenters. The van der Waals surface area contributed by atoms with E-state index in [1.807, 2.05) is 0 Å². The number of rotatable bonds is 7. The number of benzene rings is 1. The van der Waals surface area contributed by atoms with Crippen molar-refractivity contribution in [2.45, 2.75) is 38.6 Å². The van der Waals surface area contributed by atoms with Gasteiger partial charge in [0.1, 0.15) is 0 Å². The number of nitrogens with zero attached hydrogens (tertiary/aromatic N) is 3. The molecular weight excluding hydrogens is 338 g/mol. The molecule has 1 aromatic carbocycles. The van der Waals surface area contributed by atoms with Crippen LogP contribution in [-0.2, 0) is 6.54 Å². The van der Waals surface area contributed by atoms with Gasteiger partial charge in [0, 0.05) is 45.0 Å². The summed E-state index contributed by atoms with van der Waals surface area (Å²) in [5, 5.41) is 20.2. The number of aromatic nitrogens is 1. The second-order valence-corrected chi connectivity index (χ2v) is 7.96. The molecule has 5 nitrogen and oxygen atoms in total. The van der Waals surface area contributed by atoms with Gasteiger partial charge in [0.2, 0.25) is 0 Å². The summed E-state index contributed by atoms with van der Waals surface area (Å²) < 4.78 is 1.63. The Morgan fingerprint density at radius 2 is 1.70 bits per heavy atom. The zero-order valence-corrected chi connectivity index (χ0v) is 16.8. The highest BCUT2D eigenvalue weighted by molar-refractivity contribution is 5.46. The quantitative estimate of drug-likeness (QED) is 0.776. The van der Waals surface area contributed by atoms with Crippen LogP contribution in [0.2, 0.25) is 0 Å². The van der Waals surface area contributed by atoms with Crippen LogP contribution in [0.5, 0.6) is 11.8 Å². The van der Waals surface area contributed by atoms with Gasteiger partial charge in [-0.05, 0) is 55.5 Å². The molecule has 0 spiro atoms. The number of likely N-dealkylation sites (tertiary alicyclic amines) is 1. The van der Waals surface area contributed by atoms with E-state index in [0.29, 0.717) is 18.4 Å². The lowest BCUT2D eigenvalue weighted by molar-refractivity contribution is 0.135. The molecule has 1 aliphatic rings. The molecule has 27 heavy (non-hydrogen) atoms. The van der Waals surface area contributed by atoms with Gasteiger partial charge in [-0.1, -0.05) is 25.5 Å². The van der Waals surface area contributed by atoms with Gasteiger partial charge in [0.25, 0.3) is 0 Å². The highest BCUT2D eigenvalue weighted by Gasteiger charge is 2.31. The molecule has 2 N–H and O–H groups in total. The Bertz CT molecular complexity index is 704. The third-order valence-electron chi connectivity index (χ3n) is 5.84. The molecular formula is C22H33N3O2. The highest BCUT2D eigenvalue weighted by Crippen LogP contribution is 2.36. The van der Waals surface area contributed by atoms with Crippen LogP contribution in [-0.4, -0.2) is 53.4 Å². The first-order chi connectivity index (χ1) is 13.0. The Hall–Kier alpha value is -2.14. The Morgan fingerprint density at radius 1 is 1.04 bits per heavy atom. The first kappa shape index (κ1) is 19.6. The van der Waals surface area contributed by atoms with Crippen LogP contribution < -0.4 is 4.90 Å². The van der Waals surface area contributed by atoms with Crippen molar-refractivity contribution in [2.75, 3.05) is 38.6 Å². The molecule has 1 aliphatic heterocycles. The summed E-state index contributed by atoms with van der Waals surface area (Å²) in [6.07, 6.45) is 3.53. The van der Waals surface area contributed by atoms with Crippen molar-refractivity contribution in [3.8, 4) is 11.8 Å². The molecule has 3 rings (SSSR count). The minimum Gasteiger partial charge on any atom is -0.494 e. The van der Waals surface area contributed by atoms with Crippen LogP contribution in [0.1, 0.15) is 37.7 Å². The second-order valence-electron chi connectivity index (χ2n) is 7.96. The standard InChI is InChI=1S/C22H33N3O2/c1-4-5-13-24-14-12-20(17-6-8-19(9-7-17)23(2)3)18(15-24)16-25-21(26)10-11-22(25)27/h6-11,18,20,26-27H,4-5,12-16H2,1-3H3/t18-,20-/m1/s1. The number of piperidine rings is 1. The third-order valence-corrected chi connectivity index (χ3v) is 5.84. The van der Waals surface area contributed by atoms with Crippen molar-refractivity contribution in [1.82, 2.24) is 9.47 Å². The van der Waals surface area contributed by atoms with E-state index in [1.165, 1.54) is 24.1 Å². The second kappa shape index (κ2) is 8.70. The summed E-state index contributed by atoms with van der Waals surface area (Å²) in [5.74, 6) is 1.06. The van der Waals surface area contributed by atoms with E-state index in [4.69, 9.17) is 0 Å². The summed E-state index contributed by atoms with van der Waals surface area (Å²) >= 11 is 0. The first-order valence-electron chi connectivity index (χ1n) is 10.1. The van der Waals surface area contributed by atoms with Crippen LogP contribution in [0.3, 0.4) is 0 Å². The number of anilines is 1. The molecule has 1 fully saturated rings. The van der Waals surface area contributed by atoms with Gasteiger partial charge in [0.15, 0.2) is 11.8 Å². The van der Waals surface area contributed by atoms with E-state index in [9.17, 15) is 10.2 Å². The van der Waals surface area contributed by atoms with Crippen molar-refractivity contribution in [1.29, 1.82) is 0 Å². The fourth-order valence-corrected chi connectivity index (χ4v) is 4.20. The van der Waals surface area contributed by atoms with Crippen LogP contribution >= 0.6 is 0 Å². The van der Waals surface area contributed by atoms with E-state index in [2.05, 4.69) is 55.1 Å². The zero-order chi connectivity index (χ0) is 19.4. The summed E-state index contributed by atoms with van der Waals surface area (Å²) in [6.45, 7) is 6.10. The topological polar surface area (TPSA) is 51.9 Å². The van der Waals surface area contributed by atoms with Crippen LogP contribution in [0.15, 0.2) is 36.4 Å². The maximum atomic E-state index is 10.1. The number of hydrogen-bond donors (Lipinski definition) is 2. The normalized spacial score (nSPS) is 20.7. The van der Waals surface area contributed by atoms with Crippen molar-refractivity contribution in [3.05, 3.63) is 42.0 Å². The maximum Gasteiger partial charge on any atom is 0.193 e. The molecule has 0 aliphatic carbocycles. The fourth-order valence-electron chi connectivity index (χ4n) is 4.20. The lowest BCUT2D eigenvalue weighted by atomic mass is 9.80. The average Bonchev–Trinajstić information content (AvgIpc) is 2.98. The Morgan fingerprint density at radius 3 is 2.30 bits per heavy atom. The predicted octanol–water partition coefficient (Wildman–Crippen LogP) is 3.87. The van der Waals surface area contributed by atoms with Crippen molar-refractivity contribution in [2.24, 2.45) is 5.92 Å². The minimum absolute atomic E-state index is 0.139. The maximum absolute atomic E-state index is 10.1. The van der Waals surface area contributed by atoms with Gasteiger partial charge in [-0.25, -0.2) is 0 Å². The minimum atomic E-state index is 0.139. The lowest BCUT2D eigenvalue weighted by Crippen LogP contribution is -2.41. The molecule has 2 heterocycles. The molecule has 0 bridgehead atoms. The van der Waals surface area contributed by atoms with E-state index in [0.717, 1.165) is 26.1 Å². The van der Waals surface area contributed by atoms with Gasteiger partial charge in [-0.3, -0.25) is 4.57 Å². The monoisotopic (exact) mass is 371 g/mol. The Labute approximate surface area is 162 Å². The lowest BCUT2D eigenvalue weighted by Gasteiger charge is -2.39. The molecule has 1 saturated heterocycles. The molecule has 0 radical (unpaired) electrons. The zero-order valence-electron chi connectivity index (χ0n) is 16.8. The van der Waals surface area contributed by atoms with E-state index >= 15 is 0 Å². The van der Waals surface area contributed by atoms with E-state index < -0.39 is 0 Å². The van der Waals surface area contributed by atoms with Gasteiger partial charge in [-0.15, -0.1) is 0 Å².